The first-order valence-electron chi connectivity index (χ1n) is 12.0. The van der Waals surface area contributed by atoms with Crippen molar-refractivity contribution in [1.82, 2.24) is 5.16 Å². The number of hydrogen-bond acceptors (Lipinski definition) is 7. The van der Waals surface area contributed by atoms with Crippen LogP contribution >= 0.6 is 0 Å². The van der Waals surface area contributed by atoms with Crippen LogP contribution in [0.15, 0.2) is 47.0 Å². The Hall–Kier alpha value is -3.40. The summed E-state index contributed by atoms with van der Waals surface area (Å²) in [6, 6.07) is 11.5. The minimum atomic E-state index is -3.52. The quantitative estimate of drug-likeness (QED) is 0.397. The molecule has 10 heteroatoms. The number of carbonyl (C=O) groups excluding carboxylic acids is 1. The molecule has 3 aromatic rings. The van der Waals surface area contributed by atoms with E-state index in [0.717, 1.165) is 31.5 Å². The lowest BCUT2D eigenvalue weighted by molar-refractivity contribution is 0.0595. The van der Waals surface area contributed by atoms with Crippen molar-refractivity contribution in [2.75, 3.05) is 29.0 Å². The molecule has 36 heavy (non-hydrogen) atoms. The van der Waals surface area contributed by atoms with Crippen LogP contribution in [0.3, 0.4) is 0 Å². The van der Waals surface area contributed by atoms with Gasteiger partial charge in [-0.25, -0.2) is 17.6 Å². The van der Waals surface area contributed by atoms with Crippen molar-refractivity contribution in [3.05, 3.63) is 53.8 Å². The first-order chi connectivity index (χ1) is 17.2. The summed E-state index contributed by atoms with van der Waals surface area (Å²) in [6.07, 6.45) is 3.74. The minimum Gasteiger partial charge on any atom is -0.465 e. The number of methoxy groups -OCH3 is 1. The number of hydrogen-bond donors (Lipinski definition) is 1. The molecule has 2 heterocycles. The van der Waals surface area contributed by atoms with Crippen molar-refractivity contribution < 1.29 is 26.9 Å². The summed E-state index contributed by atoms with van der Waals surface area (Å²) < 4.78 is 52.6. The number of benzene rings is 2. The summed E-state index contributed by atoms with van der Waals surface area (Å²) in [6.45, 7) is 4.81. The highest BCUT2D eigenvalue weighted by Gasteiger charge is 2.24. The second kappa shape index (κ2) is 10.7. The number of nitrogens with zero attached hydrogens (tertiary/aromatic N) is 2. The molecular formula is C26H30FN3O5S. The zero-order valence-corrected chi connectivity index (χ0v) is 21.4. The minimum absolute atomic E-state index is 0.0197. The van der Waals surface area contributed by atoms with Gasteiger partial charge in [0, 0.05) is 29.8 Å². The SMILES string of the molecule is CCCS(=O)(=O)Nc1cc(-c2cc(-c3ccc(C(=O)OC)c(F)c3)no2)ccc1N1CCCCC1C. The van der Waals surface area contributed by atoms with E-state index >= 15 is 0 Å². The normalized spacial score (nSPS) is 16.1. The van der Waals surface area contributed by atoms with Gasteiger partial charge in [0.25, 0.3) is 0 Å². The van der Waals surface area contributed by atoms with Crippen LogP contribution in [0.25, 0.3) is 22.6 Å². The number of carbonyl (C=O) groups is 1. The first-order valence-corrected chi connectivity index (χ1v) is 13.6. The molecule has 0 radical (unpaired) electrons. The van der Waals surface area contributed by atoms with Crippen molar-refractivity contribution in [3.63, 3.8) is 0 Å². The molecule has 0 bridgehead atoms. The highest BCUT2D eigenvalue weighted by atomic mass is 32.2. The molecule has 4 rings (SSSR count). The molecule has 0 amide bonds. The van der Waals surface area contributed by atoms with Gasteiger partial charge in [0.1, 0.15) is 11.5 Å². The van der Waals surface area contributed by atoms with Crippen LogP contribution in [0.5, 0.6) is 0 Å². The number of rotatable bonds is 8. The zero-order chi connectivity index (χ0) is 25.9. The van der Waals surface area contributed by atoms with Crippen LogP contribution in [0.1, 0.15) is 49.9 Å². The number of anilines is 2. The van der Waals surface area contributed by atoms with E-state index in [9.17, 15) is 17.6 Å². The Kier molecular flexibility index (Phi) is 7.63. The summed E-state index contributed by atoms with van der Waals surface area (Å²) >= 11 is 0. The van der Waals surface area contributed by atoms with Crippen molar-refractivity contribution >= 4 is 27.4 Å². The fourth-order valence-corrected chi connectivity index (χ4v) is 5.60. The number of esters is 1. The maximum atomic E-state index is 14.4. The van der Waals surface area contributed by atoms with Gasteiger partial charge < -0.3 is 14.2 Å². The van der Waals surface area contributed by atoms with E-state index in [2.05, 4.69) is 26.4 Å². The Bertz CT molecular complexity index is 1360. The third-order valence-corrected chi connectivity index (χ3v) is 7.79. The number of piperidine rings is 1. The molecule has 0 aliphatic carbocycles. The lowest BCUT2D eigenvalue weighted by Gasteiger charge is -2.36. The van der Waals surface area contributed by atoms with Gasteiger partial charge >= 0.3 is 5.97 Å². The predicted molar refractivity (Wildman–Crippen MR) is 137 cm³/mol. The van der Waals surface area contributed by atoms with Crippen LogP contribution in [0.4, 0.5) is 15.8 Å². The molecule has 1 aliphatic rings. The summed E-state index contributed by atoms with van der Waals surface area (Å²) in [7, 11) is -2.33. The number of aromatic nitrogens is 1. The van der Waals surface area contributed by atoms with E-state index in [1.54, 1.807) is 18.2 Å². The van der Waals surface area contributed by atoms with Gasteiger partial charge in [0.15, 0.2) is 5.76 Å². The standard InChI is InChI=1S/C26H30FN3O5S/c1-4-13-36(32,33)29-23-15-19(9-11-24(23)30-12-6-5-7-17(30)2)25-16-22(28-35-25)18-8-10-20(21(27)14-18)26(31)34-3/h8-11,14-17,29H,4-7,12-13H2,1-3H3. The molecule has 1 saturated heterocycles. The van der Waals surface area contributed by atoms with Crippen molar-refractivity contribution in [1.29, 1.82) is 0 Å². The Morgan fingerprint density at radius 2 is 1.97 bits per heavy atom. The first kappa shape index (κ1) is 25.7. The van der Waals surface area contributed by atoms with Gasteiger partial charge in [-0.15, -0.1) is 0 Å². The van der Waals surface area contributed by atoms with Gasteiger partial charge in [-0.3, -0.25) is 4.72 Å². The molecule has 1 unspecified atom stereocenters. The molecule has 0 spiro atoms. The van der Waals surface area contributed by atoms with E-state index in [0.29, 0.717) is 40.7 Å². The second-order valence-electron chi connectivity index (χ2n) is 8.95. The Balaban J connectivity index is 1.69. The number of halogens is 1. The van der Waals surface area contributed by atoms with Crippen LogP contribution in [-0.2, 0) is 14.8 Å². The molecular weight excluding hydrogens is 485 g/mol. The molecule has 0 saturated carbocycles. The number of ether oxygens (including phenoxy) is 1. The summed E-state index contributed by atoms with van der Waals surface area (Å²) in [5.41, 5.74) is 2.58. The van der Waals surface area contributed by atoms with Gasteiger partial charge in [0.2, 0.25) is 10.0 Å². The molecule has 1 N–H and O–H groups in total. The topological polar surface area (TPSA) is 102 Å². The maximum absolute atomic E-state index is 14.4. The summed E-state index contributed by atoms with van der Waals surface area (Å²) in [5, 5.41) is 4.05. The monoisotopic (exact) mass is 515 g/mol. The summed E-state index contributed by atoms with van der Waals surface area (Å²) in [4.78, 5) is 13.9. The molecule has 1 aromatic heterocycles. The van der Waals surface area contributed by atoms with E-state index in [1.165, 1.54) is 19.2 Å². The highest BCUT2D eigenvalue weighted by molar-refractivity contribution is 7.92. The fraction of sp³-hybridized carbons (Fsp3) is 0.385. The molecule has 1 aliphatic heterocycles. The molecule has 192 valence electrons. The van der Waals surface area contributed by atoms with E-state index < -0.39 is 21.8 Å². The lowest BCUT2D eigenvalue weighted by atomic mass is 10.0. The van der Waals surface area contributed by atoms with Crippen LogP contribution < -0.4 is 9.62 Å². The largest absolute Gasteiger partial charge is 0.465 e. The van der Waals surface area contributed by atoms with Crippen molar-refractivity contribution in [2.24, 2.45) is 0 Å². The van der Waals surface area contributed by atoms with E-state index in [1.807, 2.05) is 19.1 Å². The van der Waals surface area contributed by atoms with E-state index in [4.69, 9.17) is 4.52 Å². The smallest absolute Gasteiger partial charge is 0.340 e. The average Bonchev–Trinajstić information content (AvgIpc) is 3.34. The Labute approximate surface area is 210 Å². The van der Waals surface area contributed by atoms with Gasteiger partial charge in [-0.1, -0.05) is 18.1 Å². The lowest BCUT2D eigenvalue weighted by Crippen LogP contribution is -2.38. The van der Waals surface area contributed by atoms with Crippen molar-refractivity contribution in [3.8, 4) is 22.6 Å². The molecule has 1 fully saturated rings. The van der Waals surface area contributed by atoms with Gasteiger partial charge in [0.05, 0.1) is 29.8 Å². The molecule has 8 nitrogen and oxygen atoms in total. The molecule has 1 atom stereocenters. The third-order valence-electron chi connectivity index (χ3n) is 6.31. The van der Waals surface area contributed by atoms with Gasteiger partial charge in [-0.2, -0.15) is 0 Å². The Morgan fingerprint density at radius 3 is 2.67 bits per heavy atom. The number of nitrogens with one attached hydrogen (secondary N) is 1. The number of sulfonamides is 1. The zero-order valence-electron chi connectivity index (χ0n) is 20.6. The van der Waals surface area contributed by atoms with Gasteiger partial charge in [-0.05, 0) is 62.9 Å². The van der Waals surface area contributed by atoms with Crippen LogP contribution in [-0.4, -0.2) is 45.0 Å². The van der Waals surface area contributed by atoms with Crippen LogP contribution in [0, 0.1) is 5.82 Å². The average molecular weight is 516 g/mol. The third kappa shape index (κ3) is 5.53. The second-order valence-corrected chi connectivity index (χ2v) is 10.8. The highest BCUT2D eigenvalue weighted by Crippen LogP contribution is 2.36. The predicted octanol–water partition coefficient (Wildman–Crippen LogP) is 5.46. The van der Waals surface area contributed by atoms with Crippen molar-refractivity contribution in [2.45, 2.75) is 45.6 Å². The fourth-order valence-electron chi connectivity index (χ4n) is 4.46. The maximum Gasteiger partial charge on any atom is 0.340 e. The summed E-state index contributed by atoms with van der Waals surface area (Å²) in [5.74, 6) is -1.07. The molecule has 2 aromatic carbocycles. The van der Waals surface area contributed by atoms with Crippen LogP contribution in [0.2, 0.25) is 0 Å². The Morgan fingerprint density at radius 1 is 1.19 bits per heavy atom. The van der Waals surface area contributed by atoms with E-state index in [-0.39, 0.29) is 11.3 Å².